The van der Waals surface area contributed by atoms with Crippen LogP contribution in [-0.2, 0) is 9.47 Å². The maximum atomic E-state index is 9.49. The highest BCUT2D eigenvalue weighted by molar-refractivity contribution is 5.00. The molecule has 2 atom stereocenters. The molecule has 0 spiro atoms. The highest BCUT2D eigenvalue weighted by Crippen LogP contribution is 2.44. The summed E-state index contributed by atoms with van der Waals surface area (Å²) >= 11 is 0. The first-order valence-electron chi connectivity index (χ1n) is 5.20. The van der Waals surface area contributed by atoms with E-state index in [9.17, 15) is 5.11 Å². The molecule has 0 aromatic heterocycles. The van der Waals surface area contributed by atoms with Crippen LogP contribution < -0.4 is 0 Å². The van der Waals surface area contributed by atoms with E-state index < -0.39 is 0 Å². The van der Waals surface area contributed by atoms with Gasteiger partial charge in [0.05, 0.1) is 11.7 Å². The average Bonchev–Trinajstić information content (AvgIpc) is 2.87. The average molecular weight is 186 g/mol. The van der Waals surface area contributed by atoms with Gasteiger partial charge >= 0.3 is 0 Å². The van der Waals surface area contributed by atoms with Crippen molar-refractivity contribution < 1.29 is 14.6 Å². The first-order valence-corrected chi connectivity index (χ1v) is 5.20. The van der Waals surface area contributed by atoms with Crippen LogP contribution in [-0.4, -0.2) is 29.7 Å². The third-order valence-corrected chi connectivity index (χ3v) is 3.01. The zero-order valence-corrected chi connectivity index (χ0v) is 8.16. The van der Waals surface area contributed by atoms with Crippen molar-refractivity contribution in [2.24, 2.45) is 0 Å². The summed E-state index contributed by atoms with van der Waals surface area (Å²) in [5.41, 5.74) is -0.262. The predicted octanol–water partition coefficient (Wildman–Crippen LogP) is 1.44. The first kappa shape index (κ1) is 9.44. The summed E-state index contributed by atoms with van der Waals surface area (Å²) in [6.45, 7) is 2.61. The molecule has 2 aliphatic rings. The van der Waals surface area contributed by atoms with Crippen LogP contribution in [0.3, 0.4) is 0 Å². The Balaban J connectivity index is 1.82. The van der Waals surface area contributed by atoms with Gasteiger partial charge in [0, 0.05) is 6.61 Å². The molecule has 1 aliphatic carbocycles. The van der Waals surface area contributed by atoms with Crippen LogP contribution in [0.4, 0.5) is 0 Å². The molecule has 0 amide bonds. The Labute approximate surface area is 79.0 Å². The Morgan fingerprint density at radius 3 is 2.69 bits per heavy atom. The molecule has 1 saturated heterocycles. The zero-order valence-electron chi connectivity index (χ0n) is 8.16. The minimum Gasteiger partial charge on any atom is -0.390 e. The van der Waals surface area contributed by atoms with Gasteiger partial charge in [-0.05, 0) is 39.0 Å². The normalized spacial score (nSPS) is 34.2. The second-order valence-corrected chi connectivity index (χ2v) is 4.15. The van der Waals surface area contributed by atoms with Crippen LogP contribution in [0.2, 0.25) is 0 Å². The van der Waals surface area contributed by atoms with E-state index >= 15 is 0 Å². The van der Waals surface area contributed by atoms with Crippen molar-refractivity contribution in [2.45, 2.75) is 57.0 Å². The molecule has 1 N–H and O–H groups in total. The Morgan fingerprint density at radius 2 is 2.23 bits per heavy atom. The largest absolute Gasteiger partial charge is 0.390 e. The lowest BCUT2D eigenvalue weighted by Crippen LogP contribution is -2.35. The minimum atomic E-state index is -0.363. The quantitative estimate of drug-likeness (QED) is 0.725. The van der Waals surface area contributed by atoms with Crippen LogP contribution in [0.15, 0.2) is 0 Å². The van der Waals surface area contributed by atoms with Crippen LogP contribution in [0.25, 0.3) is 0 Å². The fraction of sp³-hybridized carbons (Fsp3) is 1.00. The van der Waals surface area contributed by atoms with Crippen molar-refractivity contribution in [2.75, 3.05) is 6.61 Å². The van der Waals surface area contributed by atoms with Gasteiger partial charge in [0.15, 0.2) is 6.29 Å². The van der Waals surface area contributed by atoms with Gasteiger partial charge in [-0.2, -0.15) is 0 Å². The molecule has 2 fully saturated rings. The maximum Gasteiger partial charge on any atom is 0.158 e. The molecule has 0 radical (unpaired) electrons. The van der Waals surface area contributed by atoms with Gasteiger partial charge in [-0.3, -0.25) is 0 Å². The van der Waals surface area contributed by atoms with Gasteiger partial charge in [0.25, 0.3) is 0 Å². The first-order chi connectivity index (χ1) is 6.23. The maximum absolute atomic E-state index is 9.49. The molecule has 76 valence electrons. The van der Waals surface area contributed by atoms with Crippen molar-refractivity contribution in [1.29, 1.82) is 0 Å². The summed E-state index contributed by atoms with van der Waals surface area (Å²) in [6, 6.07) is 0. The number of hydrogen-bond acceptors (Lipinski definition) is 3. The van der Waals surface area contributed by atoms with Crippen molar-refractivity contribution in [1.82, 2.24) is 0 Å². The van der Waals surface area contributed by atoms with Gasteiger partial charge in [-0.25, -0.2) is 0 Å². The van der Waals surface area contributed by atoms with E-state index in [2.05, 4.69) is 0 Å². The van der Waals surface area contributed by atoms with E-state index in [0.717, 1.165) is 32.3 Å². The fourth-order valence-electron chi connectivity index (χ4n) is 1.82. The molecule has 1 aliphatic heterocycles. The second-order valence-electron chi connectivity index (χ2n) is 4.15. The number of rotatable bonds is 3. The lowest BCUT2D eigenvalue weighted by atomic mass is 10.2. The summed E-state index contributed by atoms with van der Waals surface area (Å²) < 4.78 is 11.2. The van der Waals surface area contributed by atoms with Crippen molar-refractivity contribution in [3.63, 3.8) is 0 Å². The Bertz CT molecular complexity index is 169. The van der Waals surface area contributed by atoms with Gasteiger partial charge in [-0.1, -0.05) is 0 Å². The number of hydrogen-bond donors (Lipinski definition) is 1. The monoisotopic (exact) mass is 186 g/mol. The molecule has 3 nitrogen and oxygen atoms in total. The second kappa shape index (κ2) is 3.56. The summed E-state index contributed by atoms with van der Waals surface area (Å²) in [5, 5.41) is 9.49. The molecule has 0 aromatic carbocycles. The minimum absolute atomic E-state index is 0.0640. The molecule has 1 saturated carbocycles. The van der Waals surface area contributed by atoms with Gasteiger partial charge in [0.2, 0.25) is 0 Å². The zero-order chi connectivity index (χ0) is 9.31. The van der Waals surface area contributed by atoms with Crippen LogP contribution in [0.1, 0.15) is 39.0 Å². The topological polar surface area (TPSA) is 38.7 Å². The highest BCUT2D eigenvalue weighted by Gasteiger charge is 2.50. The standard InChI is InChI=1S/C10H18O3/c1-8(11)10(5-6-10)13-9-4-2-3-7-12-9/h8-9,11H,2-7H2,1H3. The predicted molar refractivity (Wildman–Crippen MR) is 48.3 cm³/mol. The number of aliphatic hydroxyl groups is 1. The summed E-state index contributed by atoms with van der Waals surface area (Å²) in [5.74, 6) is 0. The van der Waals surface area contributed by atoms with E-state index in [0.29, 0.717) is 0 Å². The lowest BCUT2D eigenvalue weighted by Gasteiger charge is -2.29. The molecule has 2 unspecified atom stereocenters. The van der Waals surface area contributed by atoms with Crippen LogP contribution >= 0.6 is 0 Å². The van der Waals surface area contributed by atoms with E-state index in [4.69, 9.17) is 9.47 Å². The van der Waals surface area contributed by atoms with Crippen molar-refractivity contribution >= 4 is 0 Å². The summed E-state index contributed by atoms with van der Waals surface area (Å²) in [6.07, 6.45) is 4.83. The smallest absolute Gasteiger partial charge is 0.158 e. The molecule has 2 rings (SSSR count). The van der Waals surface area contributed by atoms with Gasteiger partial charge < -0.3 is 14.6 Å². The fourth-order valence-corrected chi connectivity index (χ4v) is 1.82. The SMILES string of the molecule is CC(O)C1(OC2CCCCO2)CC1. The highest BCUT2D eigenvalue weighted by atomic mass is 16.7. The number of aliphatic hydroxyl groups excluding tert-OH is 1. The van der Waals surface area contributed by atoms with E-state index in [1.807, 2.05) is 0 Å². The van der Waals surface area contributed by atoms with Crippen molar-refractivity contribution in [3.8, 4) is 0 Å². The van der Waals surface area contributed by atoms with E-state index in [1.54, 1.807) is 6.92 Å². The molecular weight excluding hydrogens is 168 g/mol. The molecule has 0 aromatic rings. The Kier molecular flexibility index (Phi) is 2.58. The van der Waals surface area contributed by atoms with Gasteiger partial charge in [-0.15, -0.1) is 0 Å². The third-order valence-electron chi connectivity index (χ3n) is 3.01. The van der Waals surface area contributed by atoms with Gasteiger partial charge in [0.1, 0.15) is 0 Å². The Hall–Kier alpha value is -0.120. The molecule has 0 bridgehead atoms. The molecule has 1 heterocycles. The number of ether oxygens (including phenoxy) is 2. The molecule has 13 heavy (non-hydrogen) atoms. The lowest BCUT2D eigenvalue weighted by molar-refractivity contribution is -0.215. The molecular formula is C10H18O3. The molecule has 3 heteroatoms. The van der Waals surface area contributed by atoms with Crippen LogP contribution in [0, 0.1) is 0 Å². The third kappa shape index (κ3) is 2.03. The van der Waals surface area contributed by atoms with Crippen LogP contribution in [0.5, 0.6) is 0 Å². The van der Waals surface area contributed by atoms with E-state index in [1.165, 1.54) is 6.42 Å². The summed E-state index contributed by atoms with van der Waals surface area (Å²) in [4.78, 5) is 0. The van der Waals surface area contributed by atoms with E-state index in [-0.39, 0.29) is 18.0 Å². The Morgan fingerprint density at radius 1 is 1.46 bits per heavy atom. The van der Waals surface area contributed by atoms with Crippen molar-refractivity contribution in [3.05, 3.63) is 0 Å². The summed E-state index contributed by atoms with van der Waals surface area (Å²) in [7, 11) is 0.